The minimum atomic E-state index is -0.840. The van der Waals surface area contributed by atoms with Crippen LogP contribution in [-0.2, 0) is 0 Å². The highest BCUT2D eigenvalue weighted by Crippen LogP contribution is 2.30. The maximum Gasteiger partial charge on any atom is 0.165 e. The number of halogens is 2. The first kappa shape index (κ1) is 10.9. The van der Waals surface area contributed by atoms with Gasteiger partial charge in [-0.25, -0.2) is 8.78 Å². The van der Waals surface area contributed by atoms with Gasteiger partial charge in [0.2, 0.25) is 0 Å². The molecular weight excluding hydrogens is 188 g/mol. The second-order valence-electron chi connectivity index (χ2n) is 3.19. The Bertz CT molecular complexity index is 328. The molecule has 1 unspecified atom stereocenters. The zero-order valence-corrected chi connectivity index (χ0v) is 7.93. The van der Waals surface area contributed by atoms with Gasteiger partial charge >= 0.3 is 0 Å². The molecule has 2 nitrogen and oxygen atoms in total. The van der Waals surface area contributed by atoms with Gasteiger partial charge in [-0.2, -0.15) is 0 Å². The fraction of sp³-hybridized carbons (Fsp3) is 0.400. The number of aromatic hydroxyl groups is 1. The summed E-state index contributed by atoms with van der Waals surface area (Å²) in [5, 5.41) is 9.28. The molecule has 0 aliphatic heterocycles. The van der Waals surface area contributed by atoms with Crippen molar-refractivity contribution < 1.29 is 13.9 Å². The van der Waals surface area contributed by atoms with E-state index in [-0.39, 0.29) is 5.56 Å². The van der Waals surface area contributed by atoms with Crippen LogP contribution in [0.25, 0.3) is 0 Å². The van der Waals surface area contributed by atoms with Gasteiger partial charge in [0.15, 0.2) is 11.6 Å². The molecule has 3 N–H and O–H groups in total. The number of hydrogen-bond acceptors (Lipinski definition) is 2. The smallest absolute Gasteiger partial charge is 0.165 e. The van der Waals surface area contributed by atoms with Crippen LogP contribution in [0.1, 0.15) is 31.4 Å². The first-order valence-electron chi connectivity index (χ1n) is 4.50. The molecule has 1 rings (SSSR count). The molecule has 0 aliphatic carbocycles. The highest BCUT2D eigenvalue weighted by molar-refractivity contribution is 5.37. The molecule has 0 radical (unpaired) electrons. The van der Waals surface area contributed by atoms with Gasteiger partial charge in [0.1, 0.15) is 5.82 Å². The van der Waals surface area contributed by atoms with Gasteiger partial charge in [0.25, 0.3) is 0 Å². The number of benzene rings is 1. The van der Waals surface area contributed by atoms with E-state index in [1.807, 2.05) is 6.92 Å². The van der Waals surface area contributed by atoms with E-state index in [9.17, 15) is 13.9 Å². The van der Waals surface area contributed by atoms with Crippen LogP contribution in [0.3, 0.4) is 0 Å². The van der Waals surface area contributed by atoms with E-state index in [1.54, 1.807) is 0 Å². The van der Waals surface area contributed by atoms with Crippen LogP contribution >= 0.6 is 0 Å². The standard InChI is InChI=1S/C10H13F2NO/c1-2-3-8(13)9-6(11)4-5-7(12)10(9)14/h4-5,8,14H,2-3,13H2,1H3. The lowest BCUT2D eigenvalue weighted by atomic mass is 10.0. The Labute approximate surface area is 81.4 Å². The first-order valence-corrected chi connectivity index (χ1v) is 4.50. The predicted molar refractivity (Wildman–Crippen MR) is 49.9 cm³/mol. The average molecular weight is 201 g/mol. The van der Waals surface area contributed by atoms with Crippen LogP contribution < -0.4 is 5.73 Å². The molecular formula is C10H13F2NO. The summed E-state index contributed by atoms with van der Waals surface area (Å²) in [5.41, 5.74) is 5.48. The Hall–Kier alpha value is -1.16. The zero-order valence-electron chi connectivity index (χ0n) is 7.93. The maximum absolute atomic E-state index is 13.2. The summed E-state index contributed by atoms with van der Waals surface area (Å²) in [6.45, 7) is 1.88. The molecule has 4 heteroatoms. The second kappa shape index (κ2) is 4.37. The molecule has 78 valence electrons. The number of hydrogen-bond donors (Lipinski definition) is 2. The van der Waals surface area contributed by atoms with Gasteiger partial charge < -0.3 is 10.8 Å². The van der Waals surface area contributed by atoms with Crippen molar-refractivity contribution in [1.29, 1.82) is 0 Å². The summed E-state index contributed by atoms with van der Waals surface area (Å²) in [4.78, 5) is 0. The van der Waals surface area contributed by atoms with Gasteiger partial charge in [-0.3, -0.25) is 0 Å². The molecule has 14 heavy (non-hydrogen) atoms. The quantitative estimate of drug-likeness (QED) is 0.789. The van der Waals surface area contributed by atoms with E-state index < -0.39 is 23.4 Å². The monoisotopic (exact) mass is 201 g/mol. The third kappa shape index (κ3) is 2.01. The fourth-order valence-corrected chi connectivity index (χ4v) is 1.36. The lowest BCUT2D eigenvalue weighted by Crippen LogP contribution is -2.12. The van der Waals surface area contributed by atoms with E-state index in [2.05, 4.69) is 0 Å². The number of phenols is 1. The predicted octanol–water partition coefficient (Wildman–Crippen LogP) is 2.47. The largest absolute Gasteiger partial charge is 0.505 e. The van der Waals surface area contributed by atoms with Crippen molar-refractivity contribution in [3.05, 3.63) is 29.3 Å². The highest BCUT2D eigenvalue weighted by Gasteiger charge is 2.18. The van der Waals surface area contributed by atoms with Crippen LogP contribution in [0.15, 0.2) is 12.1 Å². The normalized spacial score (nSPS) is 12.9. The molecule has 1 aromatic carbocycles. The average Bonchev–Trinajstić information content (AvgIpc) is 2.13. The molecule has 1 atom stereocenters. The lowest BCUT2D eigenvalue weighted by Gasteiger charge is -2.13. The number of phenolic OH excluding ortho intramolecular Hbond substituents is 1. The maximum atomic E-state index is 13.2. The third-order valence-electron chi connectivity index (χ3n) is 2.09. The van der Waals surface area contributed by atoms with Gasteiger partial charge in [0, 0.05) is 11.6 Å². The van der Waals surface area contributed by atoms with Gasteiger partial charge in [-0.05, 0) is 18.6 Å². The van der Waals surface area contributed by atoms with Crippen LogP contribution in [-0.4, -0.2) is 5.11 Å². The molecule has 1 aromatic rings. The Kier molecular flexibility index (Phi) is 3.41. The Morgan fingerprint density at radius 3 is 2.50 bits per heavy atom. The van der Waals surface area contributed by atoms with Gasteiger partial charge in [-0.15, -0.1) is 0 Å². The van der Waals surface area contributed by atoms with E-state index in [0.717, 1.165) is 18.6 Å². The van der Waals surface area contributed by atoms with Crippen molar-refractivity contribution >= 4 is 0 Å². The van der Waals surface area contributed by atoms with Crippen molar-refractivity contribution in [2.24, 2.45) is 5.73 Å². The summed E-state index contributed by atoms with van der Waals surface area (Å²) in [7, 11) is 0. The van der Waals surface area contributed by atoms with Crippen LogP contribution in [0.5, 0.6) is 5.75 Å². The third-order valence-corrected chi connectivity index (χ3v) is 2.09. The minimum absolute atomic E-state index is 0.133. The Morgan fingerprint density at radius 1 is 1.36 bits per heavy atom. The van der Waals surface area contributed by atoms with Crippen molar-refractivity contribution in [1.82, 2.24) is 0 Å². The summed E-state index contributed by atoms with van der Waals surface area (Å²) in [6, 6.07) is 1.20. The summed E-state index contributed by atoms with van der Waals surface area (Å²) < 4.78 is 26.1. The molecule has 0 aromatic heterocycles. The second-order valence-corrected chi connectivity index (χ2v) is 3.19. The molecule has 0 bridgehead atoms. The highest BCUT2D eigenvalue weighted by atomic mass is 19.1. The summed E-state index contributed by atoms with van der Waals surface area (Å²) >= 11 is 0. The van der Waals surface area contributed by atoms with E-state index in [0.29, 0.717) is 6.42 Å². The Balaban J connectivity index is 3.11. The SMILES string of the molecule is CCCC(N)c1c(F)ccc(F)c1O. The molecule has 0 saturated heterocycles. The zero-order chi connectivity index (χ0) is 10.7. The van der Waals surface area contributed by atoms with Crippen molar-refractivity contribution in [2.45, 2.75) is 25.8 Å². The van der Waals surface area contributed by atoms with Crippen LogP contribution in [0.2, 0.25) is 0 Å². The van der Waals surface area contributed by atoms with E-state index in [1.165, 1.54) is 0 Å². The van der Waals surface area contributed by atoms with E-state index >= 15 is 0 Å². The first-order chi connectivity index (χ1) is 6.57. The molecule has 0 spiro atoms. The van der Waals surface area contributed by atoms with Crippen molar-refractivity contribution in [2.75, 3.05) is 0 Å². The topological polar surface area (TPSA) is 46.2 Å². The van der Waals surface area contributed by atoms with E-state index in [4.69, 9.17) is 5.73 Å². The number of rotatable bonds is 3. The molecule has 0 saturated carbocycles. The molecule has 0 aliphatic rings. The molecule has 0 amide bonds. The van der Waals surface area contributed by atoms with Crippen LogP contribution in [0, 0.1) is 11.6 Å². The van der Waals surface area contributed by atoms with Crippen molar-refractivity contribution in [3.8, 4) is 5.75 Å². The fourth-order valence-electron chi connectivity index (χ4n) is 1.36. The van der Waals surface area contributed by atoms with Crippen molar-refractivity contribution in [3.63, 3.8) is 0 Å². The Morgan fingerprint density at radius 2 is 1.93 bits per heavy atom. The minimum Gasteiger partial charge on any atom is -0.505 e. The summed E-state index contributed by atoms with van der Waals surface area (Å²) in [6.07, 6.45) is 1.25. The van der Waals surface area contributed by atoms with Gasteiger partial charge in [-0.1, -0.05) is 13.3 Å². The molecule has 0 fully saturated rings. The number of nitrogens with two attached hydrogens (primary N) is 1. The summed E-state index contributed by atoms with van der Waals surface area (Å²) in [5.74, 6) is -2.18. The van der Waals surface area contributed by atoms with Gasteiger partial charge in [0.05, 0.1) is 0 Å². The van der Waals surface area contributed by atoms with Crippen LogP contribution in [0.4, 0.5) is 8.78 Å². The molecule has 0 heterocycles. The lowest BCUT2D eigenvalue weighted by molar-refractivity contribution is 0.407.